The third kappa shape index (κ3) is 2.32. The monoisotopic (exact) mass is 230 g/mol. The number of aliphatic hydroxyl groups is 1. The molecule has 0 spiro atoms. The van der Waals surface area contributed by atoms with Crippen LogP contribution in [0.1, 0.15) is 19.5 Å². The Bertz CT molecular complexity index is 349. The third-order valence-corrected chi connectivity index (χ3v) is 2.65. The van der Waals surface area contributed by atoms with Crippen molar-refractivity contribution < 1.29 is 14.6 Å². The standard InChI is InChI=1S/C9H14N2O3S/c1-4-14-8(12)9(2,13)6-7(15-3)11-5-10-6/h5,13H,4H2,1-3H3,(H,10,11). The fourth-order valence-corrected chi connectivity index (χ4v) is 1.78. The van der Waals surface area contributed by atoms with Crippen molar-refractivity contribution in [3.63, 3.8) is 0 Å². The average Bonchev–Trinajstić information content (AvgIpc) is 2.66. The number of ether oxygens (including phenoxy) is 1. The first-order valence-electron chi connectivity index (χ1n) is 4.51. The third-order valence-electron chi connectivity index (χ3n) is 1.96. The molecule has 0 fully saturated rings. The molecule has 1 aromatic rings. The van der Waals surface area contributed by atoms with Gasteiger partial charge < -0.3 is 14.8 Å². The van der Waals surface area contributed by atoms with Crippen molar-refractivity contribution in [3.8, 4) is 0 Å². The first-order valence-corrected chi connectivity index (χ1v) is 5.74. The second kappa shape index (κ2) is 4.67. The van der Waals surface area contributed by atoms with E-state index in [1.807, 2.05) is 6.26 Å². The second-order valence-electron chi connectivity index (χ2n) is 3.08. The molecule has 0 radical (unpaired) electrons. The topological polar surface area (TPSA) is 75.2 Å². The number of carbonyl (C=O) groups is 1. The quantitative estimate of drug-likeness (QED) is 0.594. The summed E-state index contributed by atoms with van der Waals surface area (Å²) in [5.41, 5.74) is -1.31. The minimum atomic E-state index is -1.68. The molecule has 6 heteroatoms. The van der Waals surface area contributed by atoms with Gasteiger partial charge >= 0.3 is 5.97 Å². The van der Waals surface area contributed by atoms with E-state index in [4.69, 9.17) is 4.74 Å². The Labute approximate surface area is 92.2 Å². The van der Waals surface area contributed by atoms with Crippen LogP contribution in [0.3, 0.4) is 0 Å². The zero-order valence-electron chi connectivity index (χ0n) is 8.90. The average molecular weight is 230 g/mol. The molecule has 0 aliphatic rings. The van der Waals surface area contributed by atoms with Gasteiger partial charge in [-0.25, -0.2) is 9.78 Å². The maximum atomic E-state index is 11.5. The van der Waals surface area contributed by atoms with Gasteiger partial charge in [-0.2, -0.15) is 0 Å². The van der Waals surface area contributed by atoms with Gasteiger partial charge in [0.1, 0.15) is 5.03 Å². The Morgan fingerprint density at radius 1 is 1.80 bits per heavy atom. The lowest BCUT2D eigenvalue weighted by Gasteiger charge is -2.20. The Balaban J connectivity index is 2.99. The van der Waals surface area contributed by atoms with Gasteiger partial charge in [0.15, 0.2) is 0 Å². The Morgan fingerprint density at radius 2 is 2.47 bits per heavy atom. The summed E-state index contributed by atoms with van der Waals surface area (Å²) in [5.74, 6) is -0.676. The van der Waals surface area contributed by atoms with Gasteiger partial charge in [0.2, 0.25) is 5.60 Å². The molecule has 1 heterocycles. The summed E-state index contributed by atoms with van der Waals surface area (Å²) in [6.45, 7) is 3.31. The highest BCUT2D eigenvalue weighted by molar-refractivity contribution is 7.98. The lowest BCUT2D eigenvalue weighted by Crippen LogP contribution is -2.35. The Morgan fingerprint density at radius 3 is 3.00 bits per heavy atom. The van der Waals surface area contributed by atoms with Gasteiger partial charge in [0, 0.05) is 0 Å². The van der Waals surface area contributed by atoms with E-state index in [0.717, 1.165) is 0 Å². The molecule has 84 valence electrons. The summed E-state index contributed by atoms with van der Waals surface area (Å²) in [6.07, 6.45) is 3.26. The molecule has 5 nitrogen and oxygen atoms in total. The number of hydrogen-bond donors (Lipinski definition) is 2. The predicted molar refractivity (Wildman–Crippen MR) is 56.6 cm³/mol. The molecule has 0 saturated heterocycles. The smallest absolute Gasteiger partial charge is 0.344 e. The molecule has 0 saturated carbocycles. The number of rotatable bonds is 4. The molecule has 0 bridgehead atoms. The second-order valence-corrected chi connectivity index (χ2v) is 3.87. The fraction of sp³-hybridized carbons (Fsp3) is 0.556. The number of nitrogens with one attached hydrogen (secondary N) is 1. The normalized spacial score (nSPS) is 14.7. The highest BCUT2D eigenvalue weighted by Gasteiger charge is 2.37. The zero-order chi connectivity index (χ0) is 11.5. The number of nitrogens with zero attached hydrogens (tertiary/aromatic N) is 1. The molecular weight excluding hydrogens is 216 g/mol. The van der Waals surface area contributed by atoms with E-state index in [1.165, 1.54) is 25.0 Å². The highest BCUT2D eigenvalue weighted by atomic mass is 32.2. The summed E-state index contributed by atoms with van der Waals surface area (Å²) >= 11 is 1.35. The number of aromatic amines is 1. The maximum absolute atomic E-state index is 11.5. The molecule has 0 aliphatic heterocycles. The highest BCUT2D eigenvalue weighted by Crippen LogP contribution is 2.27. The number of H-pyrrole nitrogens is 1. The van der Waals surface area contributed by atoms with Crippen LogP contribution < -0.4 is 0 Å². The zero-order valence-corrected chi connectivity index (χ0v) is 9.72. The van der Waals surface area contributed by atoms with Gasteiger partial charge in [0.25, 0.3) is 0 Å². The van der Waals surface area contributed by atoms with Crippen LogP contribution in [0.25, 0.3) is 0 Å². The lowest BCUT2D eigenvalue weighted by atomic mass is 10.0. The van der Waals surface area contributed by atoms with E-state index < -0.39 is 11.6 Å². The van der Waals surface area contributed by atoms with Gasteiger partial charge in [-0.1, -0.05) is 0 Å². The van der Waals surface area contributed by atoms with Crippen molar-refractivity contribution in [3.05, 3.63) is 12.0 Å². The number of aromatic nitrogens is 2. The molecule has 0 aliphatic carbocycles. The minimum Gasteiger partial charge on any atom is -0.464 e. The summed E-state index contributed by atoms with van der Waals surface area (Å²) in [7, 11) is 0. The molecule has 1 rings (SSSR count). The summed E-state index contributed by atoms with van der Waals surface area (Å²) in [6, 6.07) is 0. The largest absolute Gasteiger partial charge is 0.464 e. The van der Waals surface area contributed by atoms with Gasteiger partial charge in [0.05, 0.1) is 18.6 Å². The molecule has 1 atom stereocenters. The lowest BCUT2D eigenvalue weighted by molar-refractivity contribution is -0.164. The van der Waals surface area contributed by atoms with Gasteiger partial charge in [-0.05, 0) is 20.1 Å². The summed E-state index contributed by atoms with van der Waals surface area (Å²) < 4.78 is 4.78. The van der Waals surface area contributed by atoms with Crippen LogP contribution in [0, 0.1) is 0 Å². The first-order chi connectivity index (χ1) is 7.04. The molecule has 15 heavy (non-hydrogen) atoms. The number of hydrogen-bond acceptors (Lipinski definition) is 5. The van der Waals surface area contributed by atoms with Crippen molar-refractivity contribution in [2.45, 2.75) is 24.5 Å². The van der Waals surface area contributed by atoms with E-state index in [1.54, 1.807) is 6.92 Å². The molecule has 1 unspecified atom stereocenters. The van der Waals surface area contributed by atoms with Crippen molar-refractivity contribution in [2.75, 3.05) is 12.9 Å². The predicted octanol–water partition coefficient (Wildman–Crippen LogP) is 0.902. The molecule has 0 aromatic carbocycles. The fourth-order valence-electron chi connectivity index (χ4n) is 1.16. The summed E-state index contributed by atoms with van der Waals surface area (Å²) in [5, 5.41) is 10.6. The number of thioether (sulfide) groups is 1. The molecule has 0 amide bonds. The van der Waals surface area contributed by atoms with E-state index in [-0.39, 0.29) is 6.61 Å². The van der Waals surface area contributed by atoms with Crippen molar-refractivity contribution in [1.29, 1.82) is 0 Å². The van der Waals surface area contributed by atoms with Gasteiger partial charge in [-0.15, -0.1) is 11.8 Å². The van der Waals surface area contributed by atoms with Crippen molar-refractivity contribution in [1.82, 2.24) is 9.97 Å². The summed E-state index contributed by atoms with van der Waals surface area (Å²) in [4.78, 5) is 18.2. The van der Waals surface area contributed by atoms with E-state index in [0.29, 0.717) is 10.7 Å². The maximum Gasteiger partial charge on any atom is 0.344 e. The Kier molecular flexibility index (Phi) is 3.76. The van der Waals surface area contributed by atoms with Crippen LogP contribution in [-0.4, -0.2) is 33.9 Å². The number of imidazole rings is 1. The van der Waals surface area contributed by atoms with Crippen LogP contribution in [0.5, 0.6) is 0 Å². The number of esters is 1. The van der Waals surface area contributed by atoms with Crippen LogP contribution in [-0.2, 0) is 15.1 Å². The van der Waals surface area contributed by atoms with Crippen LogP contribution in [0.2, 0.25) is 0 Å². The molecule has 2 N–H and O–H groups in total. The minimum absolute atomic E-state index is 0.234. The number of carbonyl (C=O) groups excluding carboxylic acids is 1. The van der Waals surface area contributed by atoms with Crippen LogP contribution in [0.4, 0.5) is 0 Å². The first kappa shape index (κ1) is 12.1. The molecular formula is C9H14N2O3S. The van der Waals surface area contributed by atoms with Crippen LogP contribution >= 0.6 is 11.8 Å². The Hall–Kier alpha value is -1.01. The SMILES string of the molecule is CCOC(=O)C(C)(O)c1[nH]cnc1SC. The van der Waals surface area contributed by atoms with E-state index >= 15 is 0 Å². The van der Waals surface area contributed by atoms with Crippen molar-refractivity contribution >= 4 is 17.7 Å². The van der Waals surface area contributed by atoms with Gasteiger partial charge in [-0.3, -0.25) is 0 Å². The van der Waals surface area contributed by atoms with E-state index in [9.17, 15) is 9.90 Å². The van der Waals surface area contributed by atoms with Crippen LogP contribution in [0.15, 0.2) is 11.4 Å². The molecule has 1 aromatic heterocycles. The van der Waals surface area contributed by atoms with Crippen molar-refractivity contribution in [2.24, 2.45) is 0 Å². The van der Waals surface area contributed by atoms with E-state index in [2.05, 4.69) is 9.97 Å².